The van der Waals surface area contributed by atoms with Gasteiger partial charge in [-0.15, -0.1) is 11.8 Å². The second kappa shape index (κ2) is 10.0. The molecule has 0 N–H and O–H groups in total. The first kappa shape index (κ1) is 22.9. The largest absolute Gasteiger partial charge is 0.465 e. The summed E-state index contributed by atoms with van der Waals surface area (Å²) < 4.78 is 7.31. The number of amides is 1. The Hall–Kier alpha value is -1.80. The fourth-order valence-corrected chi connectivity index (χ4v) is 5.34. The lowest BCUT2D eigenvalue weighted by atomic mass is 10.2. The molecule has 0 fully saturated rings. The lowest BCUT2D eigenvalue weighted by molar-refractivity contribution is -0.143. The Morgan fingerprint density at radius 1 is 1.20 bits per heavy atom. The standard InChI is InChI=1S/C21H20Cl2N2O3S2/c1-4-28-17(26)11-25-18-15(22)8-9-16(23)19(18)30-21(25)24-20(27)13-6-5-7-14(10-13)29-12(2)3/h5-10,12H,4,11H2,1-3H3. The van der Waals surface area contributed by atoms with Crippen LogP contribution in [0, 0.1) is 0 Å². The van der Waals surface area contributed by atoms with Gasteiger partial charge in [0.25, 0.3) is 5.91 Å². The van der Waals surface area contributed by atoms with Crippen molar-refractivity contribution in [2.24, 2.45) is 4.99 Å². The first-order chi connectivity index (χ1) is 14.3. The van der Waals surface area contributed by atoms with E-state index in [0.29, 0.717) is 35.9 Å². The molecule has 30 heavy (non-hydrogen) atoms. The smallest absolute Gasteiger partial charge is 0.326 e. The van der Waals surface area contributed by atoms with Gasteiger partial charge in [0, 0.05) is 15.7 Å². The number of carbonyl (C=O) groups excluding carboxylic acids is 2. The van der Waals surface area contributed by atoms with E-state index in [2.05, 4.69) is 18.8 Å². The van der Waals surface area contributed by atoms with Crippen LogP contribution in [0.3, 0.4) is 0 Å². The fourth-order valence-electron chi connectivity index (χ4n) is 2.80. The van der Waals surface area contributed by atoms with Gasteiger partial charge in [0.05, 0.1) is 26.9 Å². The SMILES string of the molecule is CCOC(=O)Cn1c(=NC(=O)c2cccc(SC(C)C)c2)sc2c(Cl)ccc(Cl)c21. The van der Waals surface area contributed by atoms with Crippen molar-refractivity contribution in [1.82, 2.24) is 4.57 Å². The van der Waals surface area contributed by atoms with Crippen molar-refractivity contribution in [3.8, 4) is 0 Å². The number of nitrogens with zero attached hydrogens (tertiary/aromatic N) is 2. The minimum atomic E-state index is -0.447. The molecule has 0 spiro atoms. The first-order valence-corrected chi connectivity index (χ1v) is 11.7. The Kier molecular flexibility index (Phi) is 7.63. The number of ether oxygens (including phenoxy) is 1. The van der Waals surface area contributed by atoms with Gasteiger partial charge in [-0.25, -0.2) is 0 Å². The number of benzene rings is 2. The Morgan fingerprint density at radius 3 is 2.63 bits per heavy atom. The molecule has 0 aliphatic heterocycles. The summed E-state index contributed by atoms with van der Waals surface area (Å²) in [5.74, 6) is -0.852. The van der Waals surface area contributed by atoms with E-state index >= 15 is 0 Å². The van der Waals surface area contributed by atoms with E-state index in [4.69, 9.17) is 27.9 Å². The first-order valence-electron chi connectivity index (χ1n) is 9.29. The number of hydrogen-bond acceptors (Lipinski definition) is 5. The lowest BCUT2D eigenvalue weighted by Crippen LogP contribution is -2.23. The molecule has 0 radical (unpaired) electrons. The van der Waals surface area contributed by atoms with Crippen molar-refractivity contribution < 1.29 is 14.3 Å². The summed E-state index contributed by atoms with van der Waals surface area (Å²) in [6.07, 6.45) is 0. The van der Waals surface area contributed by atoms with Gasteiger partial charge in [0.2, 0.25) is 0 Å². The molecule has 1 amide bonds. The molecule has 0 unspecified atom stereocenters. The molecule has 0 saturated heterocycles. The van der Waals surface area contributed by atoms with Crippen molar-refractivity contribution in [3.63, 3.8) is 0 Å². The van der Waals surface area contributed by atoms with Gasteiger partial charge < -0.3 is 9.30 Å². The van der Waals surface area contributed by atoms with Gasteiger partial charge in [-0.3, -0.25) is 9.59 Å². The average molecular weight is 483 g/mol. The quantitative estimate of drug-likeness (QED) is 0.328. The van der Waals surface area contributed by atoms with Gasteiger partial charge in [0.15, 0.2) is 4.80 Å². The third-order valence-corrected chi connectivity index (χ3v) is 6.81. The number of halogens is 2. The van der Waals surface area contributed by atoms with Crippen molar-refractivity contribution in [2.45, 2.75) is 37.5 Å². The van der Waals surface area contributed by atoms with E-state index in [1.807, 2.05) is 18.2 Å². The highest BCUT2D eigenvalue weighted by atomic mass is 35.5. The number of fused-ring (bicyclic) bond motifs is 1. The van der Waals surface area contributed by atoms with Crippen LogP contribution in [0.25, 0.3) is 10.2 Å². The van der Waals surface area contributed by atoms with Crippen LogP contribution in [0.5, 0.6) is 0 Å². The van der Waals surface area contributed by atoms with Crippen molar-refractivity contribution in [3.05, 3.63) is 56.8 Å². The maximum atomic E-state index is 12.9. The van der Waals surface area contributed by atoms with Crippen LogP contribution in [0.15, 0.2) is 46.3 Å². The molecule has 0 saturated carbocycles. The molecule has 1 aromatic heterocycles. The summed E-state index contributed by atoms with van der Waals surface area (Å²) in [6, 6.07) is 10.7. The lowest BCUT2D eigenvalue weighted by Gasteiger charge is -2.07. The van der Waals surface area contributed by atoms with E-state index < -0.39 is 11.9 Å². The molecule has 5 nitrogen and oxygen atoms in total. The predicted octanol–water partition coefficient (Wildman–Crippen LogP) is 5.81. The maximum absolute atomic E-state index is 12.9. The Morgan fingerprint density at radius 2 is 1.93 bits per heavy atom. The highest BCUT2D eigenvalue weighted by Gasteiger charge is 2.17. The number of hydrogen-bond donors (Lipinski definition) is 0. The molecule has 0 aliphatic carbocycles. The van der Waals surface area contributed by atoms with Gasteiger partial charge in [-0.05, 0) is 37.3 Å². The minimum absolute atomic E-state index is 0.122. The normalized spacial score (nSPS) is 12.0. The van der Waals surface area contributed by atoms with Crippen LogP contribution < -0.4 is 4.80 Å². The predicted molar refractivity (Wildman–Crippen MR) is 124 cm³/mol. The number of thiazole rings is 1. The molecule has 0 bridgehead atoms. The summed E-state index contributed by atoms with van der Waals surface area (Å²) in [5, 5.41) is 1.28. The highest BCUT2D eigenvalue weighted by Crippen LogP contribution is 2.32. The third-order valence-electron chi connectivity index (χ3n) is 3.97. The molecular weight excluding hydrogens is 463 g/mol. The number of aromatic nitrogens is 1. The summed E-state index contributed by atoms with van der Waals surface area (Å²) in [4.78, 5) is 30.7. The molecular formula is C21H20Cl2N2O3S2. The molecule has 9 heteroatoms. The maximum Gasteiger partial charge on any atom is 0.326 e. The van der Waals surface area contributed by atoms with Crippen LogP contribution in [0.1, 0.15) is 31.1 Å². The summed E-state index contributed by atoms with van der Waals surface area (Å²) in [5.41, 5.74) is 1.02. The van der Waals surface area contributed by atoms with Crippen molar-refractivity contribution in [2.75, 3.05) is 6.61 Å². The second-order valence-electron chi connectivity index (χ2n) is 6.59. The third kappa shape index (κ3) is 5.27. The fraction of sp³-hybridized carbons (Fsp3) is 0.286. The van der Waals surface area contributed by atoms with Crippen LogP contribution in [0.4, 0.5) is 0 Å². The molecule has 2 aromatic carbocycles. The second-order valence-corrected chi connectivity index (χ2v) is 10.0. The number of thioether (sulfide) groups is 1. The summed E-state index contributed by atoms with van der Waals surface area (Å²) in [7, 11) is 0. The summed E-state index contributed by atoms with van der Waals surface area (Å²) in [6.45, 7) is 6.04. The van der Waals surface area contributed by atoms with Crippen LogP contribution >= 0.6 is 46.3 Å². The van der Waals surface area contributed by atoms with Crippen LogP contribution in [0.2, 0.25) is 10.0 Å². The van der Waals surface area contributed by atoms with E-state index in [9.17, 15) is 9.59 Å². The van der Waals surface area contributed by atoms with Crippen molar-refractivity contribution >= 4 is 68.4 Å². The Labute approximate surface area is 192 Å². The van der Waals surface area contributed by atoms with Gasteiger partial charge in [-0.1, -0.05) is 54.5 Å². The molecule has 1 heterocycles. The van der Waals surface area contributed by atoms with E-state index in [-0.39, 0.29) is 13.2 Å². The van der Waals surface area contributed by atoms with Crippen LogP contribution in [-0.2, 0) is 16.1 Å². The minimum Gasteiger partial charge on any atom is -0.465 e. The number of rotatable bonds is 6. The zero-order valence-corrected chi connectivity index (χ0v) is 19.8. The Bertz CT molecular complexity index is 1170. The molecule has 158 valence electrons. The Balaban J connectivity index is 2.11. The zero-order chi connectivity index (χ0) is 21.8. The van der Waals surface area contributed by atoms with Crippen LogP contribution in [-0.4, -0.2) is 28.3 Å². The van der Waals surface area contributed by atoms with E-state index in [0.717, 1.165) is 4.90 Å². The number of esters is 1. The summed E-state index contributed by atoms with van der Waals surface area (Å²) >= 11 is 15.6. The molecule has 3 aromatic rings. The van der Waals surface area contributed by atoms with Gasteiger partial charge in [0.1, 0.15) is 6.54 Å². The van der Waals surface area contributed by atoms with E-state index in [1.54, 1.807) is 41.5 Å². The van der Waals surface area contributed by atoms with Crippen molar-refractivity contribution in [1.29, 1.82) is 0 Å². The molecule has 0 atom stereocenters. The zero-order valence-electron chi connectivity index (χ0n) is 16.6. The topological polar surface area (TPSA) is 60.7 Å². The monoisotopic (exact) mass is 482 g/mol. The molecule has 3 rings (SSSR count). The van der Waals surface area contributed by atoms with E-state index in [1.165, 1.54) is 11.3 Å². The average Bonchev–Trinajstić information content (AvgIpc) is 3.04. The number of carbonyl (C=O) groups is 2. The van der Waals surface area contributed by atoms with Gasteiger partial charge in [-0.2, -0.15) is 4.99 Å². The molecule has 0 aliphatic rings. The van der Waals surface area contributed by atoms with Gasteiger partial charge >= 0.3 is 5.97 Å². The highest BCUT2D eigenvalue weighted by molar-refractivity contribution is 7.99.